The fourth-order valence-electron chi connectivity index (χ4n) is 1.65. The van der Waals surface area contributed by atoms with Crippen LogP contribution >= 0.6 is 0 Å². The zero-order valence-corrected chi connectivity index (χ0v) is 11.3. The fraction of sp³-hybridized carbons (Fsp3) is 0.188. The SMILES string of the molecule is Cc1cccc(OCCNC(=O)/C=C/c2ccco2)c1. The van der Waals surface area contributed by atoms with Crippen LogP contribution in [0.5, 0.6) is 5.75 Å². The minimum absolute atomic E-state index is 0.172. The summed E-state index contributed by atoms with van der Waals surface area (Å²) in [5.41, 5.74) is 1.15. The molecule has 1 heterocycles. The van der Waals surface area contributed by atoms with E-state index in [9.17, 15) is 4.79 Å². The summed E-state index contributed by atoms with van der Waals surface area (Å²) in [7, 11) is 0. The summed E-state index contributed by atoms with van der Waals surface area (Å²) in [6.45, 7) is 2.90. The van der Waals surface area contributed by atoms with Gasteiger partial charge >= 0.3 is 0 Å². The number of benzene rings is 1. The van der Waals surface area contributed by atoms with Crippen LogP contribution in [0.25, 0.3) is 6.08 Å². The number of hydrogen-bond donors (Lipinski definition) is 1. The average Bonchev–Trinajstić information content (AvgIpc) is 2.95. The molecule has 0 saturated carbocycles. The predicted molar refractivity (Wildman–Crippen MR) is 77.4 cm³/mol. The topological polar surface area (TPSA) is 51.5 Å². The smallest absolute Gasteiger partial charge is 0.244 e. The minimum atomic E-state index is -0.172. The fourth-order valence-corrected chi connectivity index (χ4v) is 1.65. The Balaban J connectivity index is 1.67. The second-order valence-corrected chi connectivity index (χ2v) is 4.30. The molecule has 4 heteroatoms. The van der Waals surface area contributed by atoms with Gasteiger partial charge in [0.2, 0.25) is 5.91 Å². The Kier molecular flexibility index (Phi) is 5.00. The molecule has 0 bridgehead atoms. The molecule has 1 aromatic heterocycles. The van der Waals surface area contributed by atoms with Crippen molar-refractivity contribution in [1.29, 1.82) is 0 Å². The van der Waals surface area contributed by atoms with Crippen LogP contribution < -0.4 is 10.1 Å². The molecule has 0 aliphatic carbocycles. The van der Waals surface area contributed by atoms with Crippen LogP contribution in [0.15, 0.2) is 53.2 Å². The van der Waals surface area contributed by atoms with Crippen LogP contribution in [0.4, 0.5) is 0 Å². The molecule has 1 amide bonds. The molecule has 0 fully saturated rings. The number of carbonyl (C=O) groups is 1. The molecule has 0 radical (unpaired) electrons. The maximum absolute atomic E-state index is 11.5. The third-order valence-corrected chi connectivity index (χ3v) is 2.60. The second kappa shape index (κ2) is 7.19. The quantitative estimate of drug-likeness (QED) is 0.649. The van der Waals surface area contributed by atoms with Gasteiger partial charge in [-0.15, -0.1) is 0 Å². The first-order chi connectivity index (χ1) is 9.74. The van der Waals surface area contributed by atoms with Gasteiger partial charge in [0.05, 0.1) is 12.8 Å². The number of rotatable bonds is 6. The predicted octanol–water partition coefficient (Wildman–Crippen LogP) is 2.80. The van der Waals surface area contributed by atoms with Crippen LogP contribution in [0.1, 0.15) is 11.3 Å². The summed E-state index contributed by atoms with van der Waals surface area (Å²) in [5, 5.41) is 2.74. The molecule has 0 saturated heterocycles. The Bertz CT molecular complexity index is 573. The molecule has 0 spiro atoms. The third kappa shape index (κ3) is 4.65. The number of carbonyl (C=O) groups excluding carboxylic acids is 1. The van der Waals surface area contributed by atoms with E-state index in [2.05, 4.69) is 5.32 Å². The largest absolute Gasteiger partial charge is 0.492 e. The van der Waals surface area contributed by atoms with Gasteiger partial charge in [-0.25, -0.2) is 0 Å². The van der Waals surface area contributed by atoms with Gasteiger partial charge in [0.1, 0.15) is 18.1 Å². The Morgan fingerprint density at radius 3 is 3.00 bits per heavy atom. The monoisotopic (exact) mass is 271 g/mol. The van der Waals surface area contributed by atoms with E-state index in [4.69, 9.17) is 9.15 Å². The molecule has 2 rings (SSSR count). The van der Waals surface area contributed by atoms with Gasteiger partial charge in [0.25, 0.3) is 0 Å². The van der Waals surface area contributed by atoms with Gasteiger partial charge in [-0.3, -0.25) is 4.79 Å². The van der Waals surface area contributed by atoms with Gasteiger partial charge in [0, 0.05) is 6.08 Å². The van der Waals surface area contributed by atoms with E-state index in [1.165, 1.54) is 6.08 Å². The van der Waals surface area contributed by atoms with Gasteiger partial charge in [-0.2, -0.15) is 0 Å². The number of amides is 1. The highest BCUT2D eigenvalue weighted by Crippen LogP contribution is 2.11. The lowest BCUT2D eigenvalue weighted by atomic mass is 10.2. The molecule has 4 nitrogen and oxygen atoms in total. The van der Waals surface area contributed by atoms with Gasteiger partial charge in [0.15, 0.2) is 0 Å². The van der Waals surface area contributed by atoms with Gasteiger partial charge in [-0.1, -0.05) is 12.1 Å². The first-order valence-corrected chi connectivity index (χ1v) is 6.43. The Hall–Kier alpha value is -2.49. The maximum atomic E-state index is 11.5. The highest BCUT2D eigenvalue weighted by molar-refractivity contribution is 5.91. The van der Waals surface area contributed by atoms with Crippen molar-refractivity contribution < 1.29 is 13.9 Å². The van der Waals surface area contributed by atoms with E-state index in [0.717, 1.165) is 11.3 Å². The molecule has 1 N–H and O–H groups in total. The standard InChI is InChI=1S/C16H17NO3/c1-13-4-2-5-15(12-13)20-11-9-17-16(18)8-7-14-6-3-10-19-14/h2-8,10,12H,9,11H2,1H3,(H,17,18)/b8-7+. The van der Waals surface area contributed by atoms with E-state index >= 15 is 0 Å². The molecule has 20 heavy (non-hydrogen) atoms. The minimum Gasteiger partial charge on any atom is -0.492 e. The summed E-state index contributed by atoms with van der Waals surface area (Å²) in [6, 6.07) is 11.4. The van der Waals surface area contributed by atoms with Crippen molar-refractivity contribution in [3.8, 4) is 5.75 Å². The normalized spacial score (nSPS) is 10.7. The lowest BCUT2D eigenvalue weighted by Gasteiger charge is -2.07. The summed E-state index contributed by atoms with van der Waals surface area (Å²) in [5.74, 6) is 1.29. The van der Waals surface area contributed by atoms with Crippen LogP contribution in [0, 0.1) is 6.92 Å². The van der Waals surface area contributed by atoms with E-state index < -0.39 is 0 Å². The van der Waals surface area contributed by atoms with E-state index in [1.807, 2.05) is 31.2 Å². The molecule has 2 aromatic rings. The maximum Gasteiger partial charge on any atom is 0.244 e. The van der Waals surface area contributed by atoms with Crippen LogP contribution in [-0.4, -0.2) is 19.1 Å². The molecule has 104 valence electrons. The molecule has 0 unspecified atom stereocenters. The average molecular weight is 271 g/mol. The van der Waals surface area contributed by atoms with Crippen molar-refractivity contribution in [3.05, 3.63) is 60.1 Å². The molecular formula is C16H17NO3. The first kappa shape index (κ1) is 13.9. The van der Waals surface area contributed by atoms with Crippen molar-refractivity contribution in [1.82, 2.24) is 5.32 Å². The van der Waals surface area contributed by atoms with Crippen molar-refractivity contribution in [2.75, 3.05) is 13.2 Å². The number of furan rings is 1. The number of hydrogen-bond acceptors (Lipinski definition) is 3. The molecule has 1 aromatic carbocycles. The summed E-state index contributed by atoms with van der Waals surface area (Å²) in [6.07, 6.45) is 4.62. The lowest BCUT2D eigenvalue weighted by molar-refractivity contribution is -0.116. The first-order valence-electron chi connectivity index (χ1n) is 6.43. The summed E-state index contributed by atoms with van der Waals surface area (Å²) >= 11 is 0. The zero-order chi connectivity index (χ0) is 14.2. The summed E-state index contributed by atoms with van der Waals surface area (Å²) < 4.78 is 10.6. The molecule has 0 aliphatic heterocycles. The van der Waals surface area contributed by atoms with Gasteiger partial charge in [-0.05, 0) is 42.8 Å². The Labute approximate surface area is 118 Å². The number of ether oxygens (including phenoxy) is 1. The molecule has 0 aliphatic rings. The summed E-state index contributed by atoms with van der Waals surface area (Å²) in [4.78, 5) is 11.5. The molecule has 0 atom stereocenters. The highest BCUT2D eigenvalue weighted by atomic mass is 16.5. The molecular weight excluding hydrogens is 254 g/mol. The Morgan fingerprint density at radius 1 is 1.35 bits per heavy atom. The highest BCUT2D eigenvalue weighted by Gasteiger charge is 1.97. The van der Waals surface area contributed by atoms with Gasteiger partial charge < -0.3 is 14.5 Å². The van der Waals surface area contributed by atoms with E-state index in [1.54, 1.807) is 24.5 Å². The second-order valence-electron chi connectivity index (χ2n) is 4.30. The lowest BCUT2D eigenvalue weighted by Crippen LogP contribution is -2.26. The van der Waals surface area contributed by atoms with Crippen molar-refractivity contribution in [3.63, 3.8) is 0 Å². The van der Waals surface area contributed by atoms with Crippen LogP contribution in [0.2, 0.25) is 0 Å². The van der Waals surface area contributed by atoms with Crippen LogP contribution in [-0.2, 0) is 4.79 Å². The third-order valence-electron chi connectivity index (χ3n) is 2.60. The number of aryl methyl sites for hydroxylation is 1. The van der Waals surface area contributed by atoms with Crippen molar-refractivity contribution >= 4 is 12.0 Å². The van der Waals surface area contributed by atoms with E-state index in [-0.39, 0.29) is 5.91 Å². The van der Waals surface area contributed by atoms with Crippen molar-refractivity contribution in [2.24, 2.45) is 0 Å². The Morgan fingerprint density at radius 2 is 2.25 bits per heavy atom. The van der Waals surface area contributed by atoms with Crippen LogP contribution in [0.3, 0.4) is 0 Å². The van der Waals surface area contributed by atoms with E-state index in [0.29, 0.717) is 18.9 Å². The zero-order valence-electron chi connectivity index (χ0n) is 11.3. The van der Waals surface area contributed by atoms with Crippen molar-refractivity contribution in [2.45, 2.75) is 6.92 Å². The number of nitrogens with one attached hydrogen (secondary N) is 1.